The number of carbonyl (C=O) groups is 2. The summed E-state index contributed by atoms with van der Waals surface area (Å²) in [7, 11) is 0. The van der Waals surface area contributed by atoms with Crippen LogP contribution in [-0.4, -0.2) is 69.7 Å². The quantitative estimate of drug-likeness (QED) is 0.396. The summed E-state index contributed by atoms with van der Waals surface area (Å²) in [6.45, 7) is 2.01. The summed E-state index contributed by atoms with van der Waals surface area (Å²) < 4.78 is 42.9. The standard InChI is InChI=1S/C26H32FN3O10/c1-16(2)19(28-23(34)36-11-17-7-5-4-6-8-17)20(33)37-14-30-18(32)9-10-29(24(30)35)22-25(3)21(38-15-39-25)26(12-27,13-31)40-22/h4-10,16,19,21-22,31H,11-15H2,1-3H3,(H,28,34)/t19?,21-,22+,25+,26+/m0/s1. The van der Waals surface area contributed by atoms with Crippen LogP contribution in [-0.2, 0) is 41.8 Å². The van der Waals surface area contributed by atoms with E-state index in [1.807, 2.05) is 6.07 Å². The van der Waals surface area contributed by atoms with Gasteiger partial charge < -0.3 is 34.1 Å². The molecule has 0 aliphatic carbocycles. The van der Waals surface area contributed by atoms with E-state index in [1.165, 1.54) is 0 Å². The summed E-state index contributed by atoms with van der Waals surface area (Å²) in [6.07, 6.45) is -2.02. The molecule has 2 aromatic rings. The van der Waals surface area contributed by atoms with Crippen LogP contribution in [0.2, 0.25) is 0 Å². The second-order valence-electron chi connectivity index (χ2n) is 10.1. The minimum atomic E-state index is -1.78. The summed E-state index contributed by atoms with van der Waals surface area (Å²) in [5.74, 6) is -1.32. The van der Waals surface area contributed by atoms with Gasteiger partial charge in [0.2, 0.25) is 0 Å². The number of esters is 1. The zero-order chi connectivity index (χ0) is 29.1. The molecule has 218 valence electrons. The van der Waals surface area contributed by atoms with Crippen molar-refractivity contribution in [3.05, 3.63) is 69.0 Å². The van der Waals surface area contributed by atoms with Crippen LogP contribution < -0.4 is 16.6 Å². The lowest BCUT2D eigenvalue weighted by Crippen LogP contribution is -2.51. The molecular weight excluding hydrogens is 533 g/mol. The number of nitrogens with zero attached hydrogens (tertiary/aromatic N) is 2. The van der Waals surface area contributed by atoms with E-state index in [4.69, 9.17) is 23.7 Å². The van der Waals surface area contributed by atoms with Crippen molar-refractivity contribution in [3.63, 3.8) is 0 Å². The second-order valence-corrected chi connectivity index (χ2v) is 10.1. The van der Waals surface area contributed by atoms with Crippen LogP contribution in [0.15, 0.2) is 52.2 Å². The van der Waals surface area contributed by atoms with Gasteiger partial charge in [0.1, 0.15) is 37.8 Å². The van der Waals surface area contributed by atoms with Crippen LogP contribution in [0.4, 0.5) is 9.18 Å². The van der Waals surface area contributed by atoms with E-state index >= 15 is 0 Å². The number of halogens is 1. The Morgan fingerprint density at radius 2 is 1.93 bits per heavy atom. The summed E-state index contributed by atoms with van der Waals surface area (Å²) in [4.78, 5) is 51.0. The molecule has 5 atom stereocenters. The van der Waals surface area contributed by atoms with Gasteiger partial charge >= 0.3 is 17.8 Å². The number of ether oxygens (including phenoxy) is 5. The van der Waals surface area contributed by atoms with E-state index in [9.17, 15) is 28.7 Å². The lowest BCUT2D eigenvalue weighted by Gasteiger charge is -2.28. The Labute approximate surface area is 228 Å². The maximum Gasteiger partial charge on any atom is 0.408 e. The lowest BCUT2D eigenvalue weighted by molar-refractivity contribution is -0.180. The molecule has 3 heterocycles. The topological polar surface area (TPSA) is 157 Å². The monoisotopic (exact) mass is 565 g/mol. The maximum atomic E-state index is 14.0. The molecule has 1 unspecified atom stereocenters. The first-order chi connectivity index (χ1) is 19.1. The second kappa shape index (κ2) is 11.9. The number of rotatable bonds is 10. The Morgan fingerprint density at radius 3 is 2.58 bits per heavy atom. The van der Waals surface area contributed by atoms with Crippen molar-refractivity contribution in [2.75, 3.05) is 20.1 Å². The number of aliphatic hydroxyl groups excluding tert-OH is 1. The normalized spacial score (nSPS) is 26.4. The Balaban J connectivity index is 1.48. The fourth-order valence-corrected chi connectivity index (χ4v) is 4.78. The number of amides is 1. The van der Waals surface area contributed by atoms with E-state index in [2.05, 4.69) is 5.32 Å². The van der Waals surface area contributed by atoms with Gasteiger partial charge in [-0.2, -0.15) is 0 Å². The molecule has 2 N–H and O–H groups in total. The van der Waals surface area contributed by atoms with Gasteiger partial charge in [0.05, 0.1) is 6.61 Å². The molecule has 0 bridgehead atoms. The van der Waals surface area contributed by atoms with Crippen molar-refractivity contribution in [1.29, 1.82) is 0 Å². The zero-order valence-electron chi connectivity index (χ0n) is 22.3. The first kappa shape index (κ1) is 29.4. The molecule has 2 aliphatic heterocycles. The molecule has 0 spiro atoms. The largest absolute Gasteiger partial charge is 0.445 e. The van der Waals surface area contributed by atoms with E-state index in [-0.39, 0.29) is 13.4 Å². The highest BCUT2D eigenvalue weighted by molar-refractivity contribution is 5.81. The molecule has 1 amide bonds. The van der Waals surface area contributed by atoms with Crippen molar-refractivity contribution in [2.24, 2.45) is 5.92 Å². The van der Waals surface area contributed by atoms with Crippen LogP contribution in [0.25, 0.3) is 0 Å². The van der Waals surface area contributed by atoms with Gasteiger partial charge in [-0.15, -0.1) is 0 Å². The van der Waals surface area contributed by atoms with E-state index in [1.54, 1.807) is 45.0 Å². The third-order valence-electron chi connectivity index (χ3n) is 7.02. The lowest BCUT2D eigenvalue weighted by atomic mass is 9.88. The Kier molecular flexibility index (Phi) is 8.73. The number of fused-ring (bicyclic) bond motifs is 1. The summed E-state index contributed by atoms with van der Waals surface area (Å²) in [5.41, 5.74) is -4.12. The number of aliphatic hydroxyl groups is 1. The fraction of sp³-hybridized carbons (Fsp3) is 0.538. The van der Waals surface area contributed by atoms with E-state index in [0.29, 0.717) is 4.57 Å². The number of nitrogens with one attached hydrogen (secondary N) is 1. The molecule has 1 aromatic heterocycles. The van der Waals surface area contributed by atoms with Crippen molar-refractivity contribution in [1.82, 2.24) is 14.5 Å². The average molecular weight is 566 g/mol. The first-order valence-electron chi connectivity index (χ1n) is 12.6. The molecule has 1 aromatic carbocycles. The van der Waals surface area contributed by atoms with Crippen LogP contribution in [0.1, 0.15) is 32.6 Å². The zero-order valence-corrected chi connectivity index (χ0v) is 22.3. The smallest absolute Gasteiger partial charge is 0.408 e. The Hall–Kier alpha value is -3.59. The Bertz CT molecular complexity index is 1330. The van der Waals surface area contributed by atoms with Gasteiger partial charge in [-0.05, 0) is 18.4 Å². The third-order valence-corrected chi connectivity index (χ3v) is 7.02. The molecule has 13 nitrogen and oxygen atoms in total. The van der Waals surface area contributed by atoms with Gasteiger partial charge in [-0.1, -0.05) is 44.2 Å². The minimum absolute atomic E-state index is 0.0107. The molecule has 0 saturated carbocycles. The summed E-state index contributed by atoms with van der Waals surface area (Å²) in [5, 5.41) is 12.3. The summed E-state index contributed by atoms with van der Waals surface area (Å²) in [6, 6.07) is 8.86. The fourth-order valence-electron chi connectivity index (χ4n) is 4.78. The highest BCUT2D eigenvalue weighted by atomic mass is 19.1. The van der Waals surface area contributed by atoms with Crippen LogP contribution in [0.3, 0.4) is 0 Å². The predicted octanol–water partition coefficient (Wildman–Crippen LogP) is 0.823. The van der Waals surface area contributed by atoms with Crippen LogP contribution >= 0.6 is 0 Å². The number of hydrogen-bond acceptors (Lipinski definition) is 10. The van der Waals surface area contributed by atoms with Gasteiger partial charge in [-0.25, -0.2) is 23.3 Å². The minimum Gasteiger partial charge on any atom is -0.445 e. The van der Waals surface area contributed by atoms with Crippen molar-refractivity contribution in [3.8, 4) is 0 Å². The van der Waals surface area contributed by atoms with E-state index in [0.717, 1.165) is 22.4 Å². The molecule has 2 fully saturated rings. The highest BCUT2D eigenvalue weighted by Gasteiger charge is 2.67. The number of alkyl halides is 1. The first-order valence-corrected chi connectivity index (χ1v) is 12.6. The SMILES string of the molecule is CC(C)C(NC(=O)OCc1ccccc1)C(=O)OCn1c(=O)ccn([C@@H]2O[C@@](CO)(CF)[C@H]3OCO[C@]32C)c1=O. The van der Waals surface area contributed by atoms with Crippen molar-refractivity contribution >= 4 is 12.1 Å². The van der Waals surface area contributed by atoms with Gasteiger partial charge in [0.15, 0.2) is 18.6 Å². The molecule has 40 heavy (non-hydrogen) atoms. The average Bonchev–Trinajstić information content (AvgIpc) is 3.45. The van der Waals surface area contributed by atoms with Crippen molar-refractivity contribution in [2.45, 2.75) is 63.7 Å². The van der Waals surface area contributed by atoms with Crippen LogP contribution in [0, 0.1) is 5.92 Å². The molecule has 2 aliphatic rings. The van der Waals surface area contributed by atoms with Crippen LogP contribution in [0.5, 0.6) is 0 Å². The molecule has 14 heteroatoms. The number of carbonyl (C=O) groups excluding carboxylic acids is 2. The van der Waals surface area contributed by atoms with Gasteiger partial charge in [0, 0.05) is 12.3 Å². The Morgan fingerprint density at radius 1 is 1.20 bits per heavy atom. The van der Waals surface area contributed by atoms with Gasteiger partial charge in [0.25, 0.3) is 5.56 Å². The number of aromatic nitrogens is 2. The molecule has 2 saturated heterocycles. The number of benzene rings is 1. The van der Waals surface area contributed by atoms with Crippen molar-refractivity contribution < 1.29 is 42.8 Å². The molecule has 0 radical (unpaired) electrons. The molecule has 4 rings (SSSR count). The number of hydrogen-bond donors (Lipinski definition) is 2. The summed E-state index contributed by atoms with van der Waals surface area (Å²) >= 11 is 0. The number of alkyl carbamates (subject to hydrolysis) is 1. The maximum absolute atomic E-state index is 14.0. The molecular formula is C26H32FN3O10. The van der Waals surface area contributed by atoms with Gasteiger partial charge in [-0.3, -0.25) is 9.36 Å². The highest BCUT2D eigenvalue weighted by Crippen LogP contribution is 2.50. The van der Waals surface area contributed by atoms with E-state index < -0.39 is 78.8 Å². The third kappa shape index (κ3) is 5.52. The predicted molar refractivity (Wildman–Crippen MR) is 135 cm³/mol.